The SMILES string of the molecule is Cc1c(C)c2sccn2c1C(=O)O. The van der Waals surface area contributed by atoms with E-state index in [1.54, 1.807) is 21.9 Å². The highest BCUT2D eigenvalue weighted by Gasteiger charge is 2.17. The second kappa shape index (κ2) is 2.60. The molecule has 3 nitrogen and oxygen atoms in total. The molecule has 0 saturated carbocycles. The molecule has 1 N–H and O–H groups in total. The first kappa shape index (κ1) is 8.31. The van der Waals surface area contributed by atoms with Gasteiger partial charge in [0.15, 0.2) is 0 Å². The minimum Gasteiger partial charge on any atom is -0.477 e. The minimum absolute atomic E-state index is 0.383. The molecule has 0 fully saturated rings. The molecule has 4 heteroatoms. The third kappa shape index (κ3) is 0.986. The topological polar surface area (TPSA) is 41.7 Å². The Morgan fingerprint density at radius 1 is 1.46 bits per heavy atom. The number of thiazole rings is 1. The summed E-state index contributed by atoms with van der Waals surface area (Å²) in [5.41, 5.74) is 2.31. The maximum Gasteiger partial charge on any atom is 0.353 e. The van der Waals surface area contributed by atoms with Crippen LogP contribution in [0.4, 0.5) is 0 Å². The van der Waals surface area contributed by atoms with E-state index in [0.29, 0.717) is 5.69 Å². The molecule has 13 heavy (non-hydrogen) atoms. The Labute approximate surface area is 79.2 Å². The molecule has 0 aliphatic heterocycles. The fourth-order valence-corrected chi connectivity index (χ4v) is 2.41. The van der Waals surface area contributed by atoms with Gasteiger partial charge >= 0.3 is 5.97 Å². The summed E-state index contributed by atoms with van der Waals surface area (Å²) in [7, 11) is 0. The van der Waals surface area contributed by atoms with Crippen molar-refractivity contribution in [3.8, 4) is 0 Å². The van der Waals surface area contributed by atoms with E-state index >= 15 is 0 Å². The molecule has 0 saturated heterocycles. The number of aromatic carboxylic acids is 1. The molecule has 0 atom stereocenters. The third-order valence-corrected chi connectivity index (χ3v) is 3.27. The monoisotopic (exact) mass is 195 g/mol. The zero-order chi connectivity index (χ0) is 9.59. The highest BCUT2D eigenvalue weighted by Crippen LogP contribution is 2.25. The normalized spacial score (nSPS) is 10.9. The number of aromatic nitrogens is 1. The van der Waals surface area contributed by atoms with Crippen molar-refractivity contribution in [1.29, 1.82) is 0 Å². The molecule has 0 bridgehead atoms. The smallest absolute Gasteiger partial charge is 0.353 e. The van der Waals surface area contributed by atoms with E-state index in [1.165, 1.54) is 0 Å². The lowest BCUT2D eigenvalue weighted by Crippen LogP contribution is -2.01. The van der Waals surface area contributed by atoms with Gasteiger partial charge in [0.2, 0.25) is 0 Å². The fourth-order valence-electron chi connectivity index (χ4n) is 1.51. The maximum absolute atomic E-state index is 10.9. The van der Waals surface area contributed by atoms with E-state index in [0.717, 1.165) is 16.0 Å². The van der Waals surface area contributed by atoms with Gasteiger partial charge in [0.1, 0.15) is 10.5 Å². The summed E-state index contributed by atoms with van der Waals surface area (Å²) in [6, 6.07) is 0. The van der Waals surface area contributed by atoms with Gasteiger partial charge in [-0.15, -0.1) is 11.3 Å². The molecule has 0 radical (unpaired) electrons. The molecule has 0 aliphatic carbocycles. The van der Waals surface area contributed by atoms with Crippen LogP contribution in [0.2, 0.25) is 0 Å². The molecule has 0 aromatic carbocycles. The number of carbonyl (C=O) groups is 1. The van der Waals surface area contributed by atoms with Gasteiger partial charge in [-0.3, -0.25) is 0 Å². The molecule has 0 aliphatic rings. The maximum atomic E-state index is 10.9. The Morgan fingerprint density at radius 2 is 2.15 bits per heavy atom. The highest BCUT2D eigenvalue weighted by atomic mass is 32.1. The quantitative estimate of drug-likeness (QED) is 0.758. The average molecular weight is 195 g/mol. The second-order valence-electron chi connectivity index (χ2n) is 2.98. The minimum atomic E-state index is -0.862. The number of carboxylic acid groups (broad SMARTS) is 1. The van der Waals surface area contributed by atoms with E-state index in [-0.39, 0.29) is 0 Å². The first-order chi connectivity index (χ1) is 6.13. The Balaban J connectivity index is 2.92. The summed E-state index contributed by atoms with van der Waals surface area (Å²) in [5.74, 6) is -0.862. The summed E-state index contributed by atoms with van der Waals surface area (Å²) < 4.78 is 1.73. The lowest BCUT2D eigenvalue weighted by Gasteiger charge is -1.93. The standard InChI is InChI=1S/C9H9NO2S/c1-5-6(2)8-10(3-4-13-8)7(5)9(11)12/h3-4H,1-2H3,(H,11,12). The number of carboxylic acids is 1. The van der Waals surface area contributed by atoms with Crippen molar-refractivity contribution < 1.29 is 9.90 Å². The van der Waals surface area contributed by atoms with E-state index in [9.17, 15) is 4.79 Å². The summed E-state index contributed by atoms with van der Waals surface area (Å²) in [4.78, 5) is 12.0. The fraction of sp³-hybridized carbons (Fsp3) is 0.222. The van der Waals surface area contributed by atoms with Crippen molar-refractivity contribution in [2.75, 3.05) is 0 Å². The number of hydrogen-bond donors (Lipinski definition) is 1. The van der Waals surface area contributed by atoms with Crippen LogP contribution < -0.4 is 0 Å². The summed E-state index contributed by atoms with van der Waals surface area (Å²) in [6.45, 7) is 3.80. The lowest BCUT2D eigenvalue weighted by molar-refractivity contribution is 0.0689. The first-order valence-corrected chi connectivity index (χ1v) is 4.79. The van der Waals surface area contributed by atoms with Crippen molar-refractivity contribution in [3.63, 3.8) is 0 Å². The number of fused-ring (bicyclic) bond motifs is 1. The number of nitrogens with zero attached hydrogens (tertiary/aromatic N) is 1. The molecule has 2 aromatic heterocycles. The molecule has 68 valence electrons. The molecule has 2 rings (SSSR count). The van der Waals surface area contributed by atoms with Crippen LogP contribution in [-0.4, -0.2) is 15.5 Å². The summed E-state index contributed by atoms with van der Waals surface area (Å²) in [6.07, 6.45) is 1.80. The molecule has 2 aromatic rings. The molecular formula is C9H9NO2S. The van der Waals surface area contributed by atoms with Crippen LogP contribution in [-0.2, 0) is 0 Å². The zero-order valence-corrected chi connectivity index (χ0v) is 8.18. The Morgan fingerprint density at radius 3 is 2.77 bits per heavy atom. The van der Waals surface area contributed by atoms with Gasteiger partial charge in [0, 0.05) is 11.6 Å². The Kier molecular flexibility index (Phi) is 1.66. The van der Waals surface area contributed by atoms with E-state index < -0.39 is 5.97 Å². The third-order valence-electron chi connectivity index (χ3n) is 2.29. The Bertz CT molecular complexity index is 481. The molecule has 2 heterocycles. The van der Waals surface area contributed by atoms with Crippen LogP contribution in [0.3, 0.4) is 0 Å². The summed E-state index contributed by atoms with van der Waals surface area (Å²) in [5, 5.41) is 10.9. The number of aryl methyl sites for hydroxylation is 1. The average Bonchev–Trinajstić information content (AvgIpc) is 2.57. The second-order valence-corrected chi connectivity index (χ2v) is 3.88. The van der Waals surface area contributed by atoms with Crippen molar-refractivity contribution in [2.45, 2.75) is 13.8 Å². The Hall–Kier alpha value is -1.29. The van der Waals surface area contributed by atoms with Crippen LogP contribution in [0, 0.1) is 13.8 Å². The summed E-state index contributed by atoms with van der Waals surface area (Å²) >= 11 is 1.57. The molecular weight excluding hydrogens is 186 g/mol. The van der Waals surface area contributed by atoms with Gasteiger partial charge in [-0.2, -0.15) is 0 Å². The van der Waals surface area contributed by atoms with Crippen molar-refractivity contribution >= 4 is 22.1 Å². The molecule has 0 spiro atoms. The van der Waals surface area contributed by atoms with Gasteiger partial charge in [0.25, 0.3) is 0 Å². The van der Waals surface area contributed by atoms with E-state index in [1.807, 2.05) is 19.2 Å². The van der Waals surface area contributed by atoms with Crippen LogP contribution in [0.1, 0.15) is 21.6 Å². The number of hydrogen-bond acceptors (Lipinski definition) is 2. The van der Waals surface area contributed by atoms with Gasteiger partial charge < -0.3 is 9.51 Å². The van der Waals surface area contributed by atoms with Crippen LogP contribution in [0.15, 0.2) is 11.6 Å². The van der Waals surface area contributed by atoms with Gasteiger partial charge in [-0.05, 0) is 25.0 Å². The van der Waals surface area contributed by atoms with Crippen molar-refractivity contribution in [1.82, 2.24) is 4.40 Å². The van der Waals surface area contributed by atoms with Crippen LogP contribution >= 0.6 is 11.3 Å². The van der Waals surface area contributed by atoms with Crippen molar-refractivity contribution in [2.24, 2.45) is 0 Å². The van der Waals surface area contributed by atoms with Crippen LogP contribution in [0.5, 0.6) is 0 Å². The lowest BCUT2D eigenvalue weighted by atomic mass is 10.2. The van der Waals surface area contributed by atoms with Gasteiger partial charge in [-0.25, -0.2) is 4.79 Å². The predicted octanol–water partition coefficient (Wildman–Crippen LogP) is 2.32. The first-order valence-electron chi connectivity index (χ1n) is 3.91. The molecule has 0 amide bonds. The van der Waals surface area contributed by atoms with Gasteiger partial charge in [-0.1, -0.05) is 0 Å². The number of rotatable bonds is 1. The zero-order valence-electron chi connectivity index (χ0n) is 7.37. The van der Waals surface area contributed by atoms with Crippen LogP contribution in [0.25, 0.3) is 4.83 Å². The van der Waals surface area contributed by atoms with E-state index in [2.05, 4.69) is 0 Å². The largest absolute Gasteiger partial charge is 0.477 e. The van der Waals surface area contributed by atoms with Gasteiger partial charge in [0.05, 0.1) is 0 Å². The van der Waals surface area contributed by atoms with E-state index in [4.69, 9.17) is 5.11 Å². The predicted molar refractivity (Wildman–Crippen MR) is 51.7 cm³/mol. The molecule has 0 unspecified atom stereocenters. The van der Waals surface area contributed by atoms with Crippen molar-refractivity contribution in [3.05, 3.63) is 28.4 Å². The highest BCUT2D eigenvalue weighted by molar-refractivity contribution is 7.15.